The maximum atomic E-state index is 13.4. The number of carbonyl (C=O) groups excluding carboxylic acids is 1. The zero-order valence-corrected chi connectivity index (χ0v) is 17.9. The smallest absolute Gasteiger partial charge is 0.330 e. The molecule has 3 aromatic heterocycles. The van der Waals surface area contributed by atoms with Crippen LogP contribution < -0.4 is 21.9 Å². The summed E-state index contributed by atoms with van der Waals surface area (Å²) < 4.78 is 3.05. The van der Waals surface area contributed by atoms with Crippen LogP contribution in [0, 0.1) is 6.92 Å². The molecule has 0 aliphatic rings. The number of anilines is 2. The summed E-state index contributed by atoms with van der Waals surface area (Å²) in [4.78, 5) is 43.3. The fourth-order valence-electron chi connectivity index (χ4n) is 3.36. The number of nitrogen functional groups attached to an aromatic ring is 1. The fourth-order valence-corrected chi connectivity index (χ4v) is 4.43. The molecule has 3 heterocycles. The zero-order valence-electron chi connectivity index (χ0n) is 17.1. The number of nitrogens with two attached hydrogens (primary N) is 1. The second kappa shape index (κ2) is 8.24. The molecule has 9 nitrogen and oxygen atoms in total. The number of amides is 1. The molecule has 3 N–H and O–H groups in total. The summed E-state index contributed by atoms with van der Waals surface area (Å²) in [5.41, 5.74) is 5.86. The Morgan fingerprint density at radius 2 is 2.03 bits per heavy atom. The highest BCUT2D eigenvalue weighted by molar-refractivity contribution is 7.20. The Morgan fingerprint density at radius 1 is 1.31 bits per heavy atom. The lowest BCUT2D eigenvalue weighted by Gasteiger charge is -2.24. The van der Waals surface area contributed by atoms with Gasteiger partial charge in [-0.25, -0.2) is 4.79 Å². The standard InChI is InChI=1S/C19H26N6O3S/c1-5-7-9-24(14-15(20)25(8-6-2)19(28)21-16(14)26)17(27)13-10-12-11(3)22-23(4)18(12)29-13/h10H,5-9,20H2,1-4H3,(H,21,26,28). The average molecular weight is 419 g/mol. The van der Waals surface area contributed by atoms with Crippen LogP contribution in [0.15, 0.2) is 15.7 Å². The van der Waals surface area contributed by atoms with Crippen molar-refractivity contribution < 1.29 is 4.79 Å². The molecular weight excluding hydrogens is 392 g/mol. The van der Waals surface area contributed by atoms with E-state index in [1.165, 1.54) is 20.8 Å². The van der Waals surface area contributed by atoms with Gasteiger partial charge in [0.1, 0.15) is 10.6 Å². The minimum Gasteiger partial charge on any atom is -0.383 e. The monoisotopic (exact) mass is 418 g/mol. The Labute approximate surface area is 171 Å². The summed E-state index contributed by atoms with van der Waals surface area (Å²) in [6.07, 6.45) is 2.20. The van der Waals surface area contributed by atoms with Gasteiger partial charge in [-0.1, -0.05) is 20.3 Å². The highest BCUT2D eigenvalue weighted by Gasteiger charge is 2.27. The molecule has 156 valence electrons. The third-order valence-corrected chi connectivity index (χ3v) is 6.01. The third-order valence-electron chi connectivity index (χ3n) is 4.82. The lowest BCUT2D eigenvalue weighted by molar-refractivity contribution is 0.0990. The van der Waals surface area contributed by atoms with Crippen molar-refractivity contribution in [2.75, 3.05) is 17.2 Å². The Morgan fingerprint density at radius 3 is 2.66 bits per heavy atom. The molecular formula is C19H26N6O3S. The summed E-state index contributed by atoms with van der Waals surface area (Å²) in [6.45, 7) is 6.49. The van der Waals surface area contributed by atoms with Crippen LogP contribution in [0.4, 0.5) is 11.5 Å². The van der Waals surface area contributed by atoms with Gasteiger partial charge in [-0.15, -0.1) is 11.3 Å². The van der Waals surface area contributed by atoms with E-state index in [4.69, 9.17) is 5.73 Å². The highest BCUT2D eigenvalue weighted by Crippen LogP contribution is 2.30. The van der Waals surface area contributed by atoms with E-state index in [2.05, 4.69) is 10.1 Å². The van der Waals surface area contributed by atoms with E-state index in [1.807, 2.05) is 27.8 Å². The van der Waals surface area contributed by atoms with Gasteiger partial charge >= 0.3 is 5.69 Å². The van der Waals surface area contributed by atoms with Gasteiger partial charge in [0.2, 0.25) is 0 Å². The van der Waals surface area contributed by atoms with E-state index in [0.717, 1.165) is 22.3 Å². The van der Waals surface area contributed by atoms with Crippen molar-refractivity contribution in [2.45, 2.75) is 46.6 Å². The largest absolute Gasteiger partial charge is 0.383 e. The minimum absolute atomic E-state index is 0.0176. The first-order valence-electron chi connectivity index (χ1n) is 9.67. The molecule has 3 aromatic rings. The molecule has 0 unspecified atom stereocenters. The van der Waals surface area contributed by atoms with Crippen molar-refractivity contribution in [1.82, 2.24) is 19.3 Å². The number of carbonyl (C=O) groups is 1. The second-order valence-corrected chi connectivity index (χ2v) is 8.02. The van der Waals surface area contributed by atoms with Crippen molar-refractivity contribution in [3.8, 4) is 0 Å². The summed E-state index contributed by atoms with van der Waals surface area (Å²) in [5, 5.41) is 5.27. The summed E-state index contributed by atoms with van der Waals surface area (Å²) in [5.74, 6) is -0.290. The van der Waals surface area contributed by atoms with E-state index < -0.39 is 11.2 Å². The second-order valence-electron chi connectivity index (χ2n) is 6.99. The van der Waals surface area contributed by atoms with Gasteiger partial charge < -0.3 is 5.73 Å². The Balaban J connectivity index is 2.14. The van der Waals surface area contributed by atoms with Crippen molar-refractivity contribution >= 4 is 39.0 Å². The van der Waals surface area contributed by atoms with E-state index in [0.29, 0.717) is 30.8 Å². The number of thiophene rings is 1. The molecule has 0 radical (unpaired) electrons. The first-order chi connectivity index (χ1) is 13.8. The van der Waals surface area contributed by atoms with Gasteiger partial charge in [-0.05, 0) is 25.8 Å². The average Bonchev–Trinajstić information content (AvgIpc) is 3.22. The first-order valence-corrected chi connectivity index (χ1v) is 10.5. The van der Waals surface area contributed by atoms with Crippen LogP contribution in [0.5, 0.6) is 0 Å². The van der Waals surface area contributed by atoms with Crippen molar-refractivity contribution in [3.63, 3.8) is 0 Å². The summed E-state index contributed by atoms with van der Waals surface area (Å²) in [7, 11) is 1.83. The normalized spacial score (nSPS) is 11.3. The minimum atomic E-state index is -0.650. The van der Waals surface area contributed by atoms with E-state index in [1.54, 1.807) is 10.7 Å². The van der Waals surface area contributed by atoms with Gasteiger partial charge in [-0.2, -0.15) is 5.10 Å². The summed E-state index contributed by atoms with van der Waals surface area (Å²) in [6, 6.07) is 1.80. The highest BCUT2D eigenvalue weighted by atomic mass is 32.1. The maximum absolute atomic E-state index is 13.4. The quantitative estimate of drug-likeness (QED) is 0.610. The lowest BCUT2D eigenvalue weighted by atomic mass is 10.2. The molecule has 0 spiro atoms. The van der Waals surface area contributed by atoms with Gasteiger partial charge in [0.25, 0.3) is 11.5 Å². The van der Waals surface area contributed by atoms with Gasteiger partial charge in [0, 0.05) is 25.5 Å². The van der Waals surface area contributed by atoms with Crippen molar-refractivity contribution in [1.29, 1.82) is 0 Å². The number of aromatic nitrogens is 4. The molecule has 29 heavy (non-hydrogen) atoms. The van der Waals surface area contributed by atoms with Crippen LogP contribution in [-0.2, 0) is 13.6 Å². The fraction of sp³-hybridized carbons (Fsp3) is 0.474. The predicted molar refractivity (Wildman–Crippen MR) is 116 cm³/mol. The zero-order chi connectivity index (χ0) is 21.3. The Hall–Kier alpha value is -2.88. The molecule has 1 amide bonds. The Kier molecular flexibility index (Phi) is 5.92. The van der Waals surface area contributed by atoms with Crippen LogP contribution in [0.3, 0.4) is 0 Å². The topological polar surface area (TPSA) is 119 Å². The molecule has 0 bridgehead atoms. The molecule has 0 saturated carbocycles. The molecule has 0 aliphatic heterocycles. The Bertz CT molecular complexity index is 1130. The number of nitrogens with zero attached hydrogens (tertiary/aromatic N) is 4. The first kappa shape index (κ1) is 20.8. The number of unbranched alkanes of at least 4 members (excludes halogenated alkanes) is 1. The van der Waals surface area contributed by atoms with Crippen LogP contribution in [0.1, 0.15) is 48.5 Å². The van der Waals surface area contributed by atoms with Crippen LogP contribution in [0.2, 0.25) is 0 Å². The number of rotatable bonds is 7. The maximum Gasteiger partial charge on any atom is 0.330 e. The number of hydrogen-bond acceptors (Lipinski definition) is 6. The summed E-state index contributed by atoms with van der Waals surface area (Å²) >= 11 is 1.33. The van der Waals surface area contributed by atoms with Gasteiger partial charge in [0.05, 0.1) is 10.6 Å². The molecule has 10 heteroatoms. The molecule has 3 rings (SSSR count). The van der Waals surface area contributed by atoms with E-state index in [9.17, 15) is 14.4 Å². The van der Waals surface area contributed by atoms with E-state index in [-0.39, 0.29) is 17.4 Å². The van der Waals surface area contributed by atoms with Gasteiger partial charge in [0.15, 0.2) is 5.69 Å². The molecule has 0 saturated heterocycles. The molecule has 0 aromatic carbocycles. The number of hydrogen-bond donors (Lipinski definition) is 2. The predicted octanol–water partition coefficient (Wildman–Crippen LogP) is 2.23. The van der Waals surface area contributed by atoms with Crippen LogP contribution in [0.25, 0.3) is 10.2 Å². The molecule has 0 aliphatic carbocycles. The van der Waals surface area contributed by atoms with Crippen LogP contribution in [-0.4, -0.2) is 31.8 Å². The number of nitrogens with one attached hydrogen (secondary N) is 1. The van der Waals surface area contributed by atoms with Gasteiger partial charge in [-0.3, -0.25) is 28.7 Å². The SMILES string of the molecule is CCCCN(C(=O)c1cc2c(C)nn(C)c2s1)c1c(N)n(CCC)c(=O)[nH]c1=O. The number of aromatic amines is 1. The van der Waals surface area contributed by atoms with Crippen molar-refractivity contribution in [3.05, 3.63) is 37.5 Å². The number of H-pyrrole nitrogens is 1. The number of fused-ring (bicyclic) bond motifs is 1. The van der Waals surface area contributed by atoms with Crippen LogP contribution >= 0.6 is 11.3 Å². The number of aryl methyl sites for hydroxylation is 2. The molecule has 0 atom stereocenters. The lowest BCUT2D eigenvalue weighted by Crippen LogP contribution is -2.41. The van der Waals surface area contributed by atoms with Crippen molar-refractivity contribution in [2.24, 2.45) is 7.05 Å². The molecule has 0 fully saturated rings. The third kappa shape index (κ3) is 3.71. The van der Waals surface area contributed by atoms with E-state index >= 15 is 0 Å².